The van der Waals surface area contributed by atoms with Gasteiger partial charge in [-0.05, 0) is 11.5 Å². The maximum absolute atomic E-state index is 12.1. The van der Waals surface area contributed by atoms with Gasteiger partial charge in [0, 0.05) is 16.5 Å². The first kappa shape index (κ1) is 12.6. The number of hydrogen-bond donors (Lipinski definition) is 2. The topological polar surface area (TPSA) is 80.9 Å². The van der Waals surface area contributed by atoms with E-state index < -0.39 is 0 Å². The van der Waals surface area contributed by atoms with Crippen LogP contribution in [0.3, 0.4) is 0 Å². The molecule has 6 heteroatoms. The zero-order chi connectivity index (χ0) is 13.9. The number of thiazole rings is 1. The van der Waals surface area contributed by atoms with E-state index in [9.17, 15) is 4.79 Å². The molecule has 0 aliphatic rings. The van der Waals surface area contributed by atoms with E-state index in [0.717, 1.165) is 15.6 Å². The number of carbonyl (C=O) groups excluding carboxylic acids is 1. The van der Waals surface area contributed by atoms with E-state index in [0.29, 0.717) is 18.1 Å². The van der Waals surface area contributed by atoms with Crippen molar-refractivity contribution in [3.8, 4) is 0 Å². The van der Waals surface area contributed by atoms with Crippen molar-refractivity contribution in [2.24, 2.45) is 0 Å². The first-order chi connectivity index (χ1) is 9.74. The molecule has 20 heavy (non-hydrogen) atoms. The van der Waals surface area contributed by atoms with Crippen molar-refractivity contribution < 1.29 is 4.79 Å². The van der Waals surface area contributed by atoms with E-state index in [-0.39, 0.29) is 5.91 Å². The molecule has 1 amide bonds. The molecule has 3 N–H and O–H groups in total. The number of pyridine rings is 1. The summed E-state index contributed by atoms with van der Waals surface area (Å²) in [6.45, 7) is 0.442. The number of benzene rings is 1. The minimum atomic E-state index is -0.240. The summed E-state index contributed by atoms with van der Waals surface area (Å²) in [6, 6.07) is 9.34. The molecule has 0 atom stereocenters. The highest BCUT2D eigenvalue weighted by atomic mass is 32.1. The Morgan fingerprint density at radius 2 is 2.20 bits per heavy atom. The van der Waals surface area contributed by atoms with Crippen LogP contribution >= 0.6 is 11.3 Å². The molecule has 0 fully saturated rings. The smallest absolute Gasteiger partial charge is 0.270 e. The van der Waals surface area contributed by atoms with E-state index in [4.69, 9.17) is 5.73 Å². The highest BCUT2D eigenvalue weighted by Gasteiger charge is 2.10. The Kier molecular flexibility index (Phi) is 3.30. The van der Waals surface area contributed by atoms with Gasteiger partial charge in [0.25, 0.3) is 5.91 Å². The summed E-state index contributed by atoms with van der Waals surface area (Å²) < 4.78 is 0. The molecule has 2 heterocycles. The molecule has 5 nitrogen and oxygen atoms in total. The van der Waals surface area contributed by atoms with Crippen LogP contribution in [-0.2, 0) is 6.54 Å². The maximum Gasteiger partial charge on any atom is 0.270 e. The SMILES string of the molecule is Nc1nc(C(=O)NCc2cncs2)cc2ccccc12. The maximum atomic E-state index is 12.1. The summed E-state index contributed by atoms with van der Waals surface area (Å²) >= 11 is 1.49. The van der Waals surface area contributed by atoms with Crippen molar-refractivity contribution in [3.63, 3.8) is 0 Å². The predicted molar refractivity (Wildman–Crippen MR) is 79.4 cm³/mol. The third-order valence-electron chi connectivity index (χ3n) is 2.91. The second-order valence-electron chi connectivity index (χ2n) is 4.26. The highest BCUT2D eigenvalue weighted by Crippen LogP contribution is 2.20. The lowest BCUT2D eigenvalue weighted by atomic mass is 10.1. The van der Waals surface area contributed by atoms with E-state index in [2.05, 4.69) is 15.3 Å². The van der Waals surface area contributed by atoms with Crippen molar-refractivity contribution in [1.82, 2.24) is 15.3 Å². The van der Waals surface area contributed by atoms with Gasteiger partial charge in [-0.1, -0.05) is 24.3 Å². The Labute approximate surface area is 119 Å². The van der Waals surface area contributed by atoms with Crippen LogP contribution in [0.5, 0.6) is 0 Å². The fraction of sp³-hybridized carbons (Fsp3) is 0.0714. The molecule has 0 saturated heterocycles. The Hall–Kier alpha value is -2.47. The van der Waals surface area contributed by atoms with Crippen LogP contribution in [0.25, 0.3) is 10.8 Å². The normalized spacial score (nSPS) is 10.6. The molecular formula is C14H12N4OS. The Balaban J connectivity index is 1.84. The fourth-order valence-corrected chi connectivity index (χ4v) is 2.46. The van der Waals surface area contributed by atoms with Crippen LogP contribution in [0.4, 0.5) is 5.82 Å². The fourth-order valence-electron chi connectivity index (χ4n) is 1.93. The van der Waals surface area contributed by atoms with Crippen LogP contribution in [-0.4, -0.2) is 15.9 Å². The number of nitrogen functional groups attached to an aromatic ring is 1. The minimum absolute atomic E-state index is 0.240. The molecule has 3 rings (SSSR count). The molecule has 2 aromatic heterocycles. The molecule has 0 aliphatic heterocycles. The second kappa shape index (κ2) is 5.26. The number of carbonyl (C=O) groups is 1. The van der Waals surface area contributed by atoms with E-state index in [1.54, 1.807) is 17.8 Å². The number of rotatable bonds is 3. The first-order valence-corrected chi connectivity index (χ1v) is 6.93. The van der Waals surface area contributed by atoms with Gasteiger partial charge >= 0.3 is 0 Å². The summed E-state index contributed by atoms with van der Waals surface area (Å²) in [4.78, 5) is 21.2. The molecule has 3 aromatic rings. The number of nitrogens with two attached hydrogens (primary N) is 1. The number of amides is 1. The molecule has 0 spiro atoms. The van der Waals surface area contributed by atoms with Crippen LogP contribution < -0.4 is 11.1 Å². The predicted octanol–water partition coefficient (Wildman–Crippen LogP) is 2.20. The zero-order valence-electron chi connectivity index (χ0n) is 10.5. The largest absolute Gasteiger partial charge is 0.383 e. The van der Waals surface area contributed by atoms with Gasteiger partial charge in [0.15, 0.2) is 0 Å². The van der Waals surface area contributed by atoms with Crippen LogP contribution in [0, 0.1) is 0 Å². The molecule has 1 aromatic carbocycles. The summed E-state index contributed by atoms with van der Waals surface area (Å²) in [5, 5.41) is 4.57. The van der Waals surface area contributed by atoms with Gasteiger partial charge in [-0.2, -0.15) is 0 Å². The Bertz CT molecular complexity index is 755. The minimum Gasteiger partial charge on any atom is -0.383 e. The number of fused-ring (bicyclic) bond motifs is 1. The van der Waals surface area contributed by atoms with Crippen molar-refractivity contribution in [1.29, 1.82) is 0 Å². The monoisotopic (exact) mass is 284 g/mol. The van der Waals surface area contributed by atoms with Crippen molar-refractivity contribution in [2.75, 3.05) is 5.73 Å². The molecule has 0 saturated carbocycles. The van der Waals surface area contributed by atoms with Crippen LogP contribution in [0.1, 0.15) is 15.4 Å². The summed E-state index contributed by atoms with van der Waals surface area (Å²) in [7, 11) is 0. The number of anilines is 1. The summed E-state index contributed by atoms with van der Waals surface area (Å²) in [6.07, 6.45) is 1.73. The zero-order valence-corrected chi connectivity index (χ0v) is 11.4. The Morgan fingerprint density at radius 1 is 1.35 bits per heavy atom. The number of nitrogens with one attached hydrogen (secondary N) is 1. The molecule has 0 bridgehead atoms. The molecule has 0 aliphatic carbocycles. The molecule has 100 valence electrons. The van der Waals surface area contributed by atoms with Gasteiger partial charge in [-0.25, -0.2) is 4.98 Å². The Morgan fingerprint density at radius 3 is 3.00 bits per heavy atom. The van der Waals surface area contributed by atoms with Gasteiger partial charge in [0.05, 0.1) is 12.1 Å². The van der Waals surface area contributed by atoms with Crippen molar-refractivity contribution in [3.05, 3.63) is 52.6 Å². The number of hydrogen-bond acceptors (Lipinski definition) is 5. The summed E-state index contributed by atoms with van der Waals surface area (Å²) in [5.41, 5.74) is 7.94. The van der Waals surface area contributed by atoms with Crippen molar-refractivity contribution >= 4 is 33.8 Å². The van der Waals surface area contributed by atoms with Gasteiger partial charge in [-0.15, -0.1) is 11.3 Å². The third-order valence-corrected chi connectivity index (χ3v) is 3.69. The van der Waals surface area contributed by atoms with Crippen LogP contribution in [0.15, 0.2) is 42.0 Å². The third kappa shape index (κ3) is 2.46. The molecule has 0 unspecified atom stereocenters. The number of nitrogens with zero attached hydrogens (tertiary/aromatic N) is 2. The van der Waals surface area contributed by atoms with E-state index in [1.807, 2.05) is 24.3 Å². The lowest BCUT2D eigenvalue weighted by Gasteiger charge is -2.06. The highest BCUT2D eigenvalue weighted by molar-refractivity contribution is 7.09. The van der Waals surface area contributed by atoms with E-state index >= 15 is 0 Å². The molecular weight excluding hydrogens is 272 g/mol. The standard InChI is InChI=1S/C14H12N4OS/c15-13-11-4-2-1-3-9(11)5-12(18-13)14(19)17-7-10-6-16-8-20-10/h1-6,8H,7H2,(H2,15,18)(H,17,19). The van der Waals surface area contributed by atoms with Crippen LogP contribution in [0.2, 0.25) is 0 Å². The first-order valence-electron chi connectivity index (χ1n) is 6.05. The average Bonchev–Trinajstić information content (AvgIpc) is 2.98. The lowest BCUT2D eigenvalue weighted by Crippen LogP contribution is -2.23. The van der Waals surface area contributed by atoms with Gasteiger partial charge < -0.3 is 11.1 Å². The van der Waals surface area contributed by atoms with Gasteiger partial charge in [-0.3, -0.25) is 9.78 Å². The summed E-state index contributed by atoms with van der Waals surface area (Å²) in [5.74, 6) is 0.127. The molecule has 0 radical (unpaired) electrons. The van der Waals surface area contributed by atoms with Gasteiger partial charge in [0.2, 0.25) is 0 Å². The number of aromatic nitrogens is 2. The second-order valence-corrected chi connectivity index (χ2v) is 5.24. The van der Waals surface area contributed by atoms with Gasteiger partial charge in [0.1, 0.15) is 11.5 Å². The quantitative estimate of drug-likeness (QED) is 0.772. The lowest BCUT2D eigenvalue weighted by molar-refractivity contribution is 0.0946. The average molecular weight is 284 g/mol. The van der Waals surface area contributed by atoms with E-state index in [1.165, 1.54) is 11.3 Å². The van der Waals surface area contributed by atoms with Crippen molar-refractivity contribution in [2.45, 2.75) is 6.54 Å².